The van der Waals surface area contributed by atoms with E-state index in [1.54, 1.807) is 27.2 Å². The monoisotopic (exact) mass is 309 g/mol. The topological polar surface area (TPSA) is 79.3 Å². The average molecular weight is 309 g/mol. The second-order valence-corrected chi connectivity index (χ2v) is 5.99. The van der Waals surface area contributed by atoms with Gasteiger partial charge in [-0.15, -0.1) is 0 Å². The van der Waals surface area contributed by atoms with Gasteiger partial charge in [0.1, 0.15) is 6.04 Å². The Balaban J connectivity index is 2.72. The van der Waals surface area contributed by atoms with Crippen LogP contribution in [0.1, 0.15) is 33.4 Å². The summed E-state index contributed by atoms with van der Waals surface area (Å²) >= 11 is 0. The molecule has 124 valence electrons. The van der Waals surface area contributed by atoms with Crippen LogP contribution in [0.2, 0.25) is 0 Å². The average Bonchev–Trinajstić information content (AvgIpc) is 2.78. The lowest BCUT2D eigenvalue weighted by atomic mass is 10.2. The van der Waals surface area contributed by atoms with E-state index in [4.69, 9.17) is 0 Å². The van der Waals surface area contributed by atoms with E-state index >= 15 is 0 Å². The minimum Gasteiger partial charge on any atom is -0.347 e. The molecule has 0 radical (unpaired) electrons. The molecule has 3 amide bonds. The Morgan fingerprint density at radius 1 is 1.32 bits per heavy atom. The molecule has 0 unspecified atom stereocenters. The maximum atomic E-state index is 12.0. The van der Waals surface area contributed by atoms with Crippen LogP contribution < -0.4 is 10.6 Å². The zero-order valence-corrected chi connectivity index (χ0v) is 14.3. The zero-order chi connectivity index (χ0) is 16.9. The van der Waals surface area contributed by atoms with Crippen molar-refractivity contribution in [1.29, 1.82) is 0 Å². The molecule has 0 saturated heterocycles. The van der Waals surface area contributed by atoms with Crippen molar-refractivity contribution in [3.05, 3.63) is 11.9 Å². The Kier molecular flexibility index (Phi) is 6.39. The van der Waals surface area contributed by atoms with E-state index in [9.17, 15) is 9.59 Å². The number of anilines is 1. The fourth-order valence-electron chi connectivity index (χ4n) is 2.20. The van der Waals surface area contributed by atoms with Crippen molar-refractivity contribution in [3.8, 4) is 0 Å². The lowest BCUT2D eigenvalue weighted by molar-refractivity contribution is -0.130. The van der Waals surface area contributed by atoms with Crippen LogP contribution in [0.4, 0.5) is 10.5 Å². The molecule has 0 aromatic carbocycles. The van der Waals surface area contributed by atoms with Crippen molar-refractivity contribution < 1.29 is 9.59 Å². The molecule has 2 N–H and O–H groups in total. The van der Waals surface area contributed by atoms with Gasteiger partial charge in [-0.2, -0.15) is 5.10 Å². The van der Waals surface area contributed by atoms with Gasteiger partial charge in [-0.3, -0.25) is 9.48 Å². The molecular formula is C15H27N5O2. The molecule has 1 atom stereocenters. The highest BCUT2D eigenvalue weighted by atomic mass is 16.2. The number of nitrogens with one attached hydrogen (secondary N) is 2. The number of urea groups is 1. The molecular weight excluding hydrogens is 282 g/mol. The predicted octanol–water partition coefficient (Wildman–Crippen LogP) is 1.70. The number of aromatic nitrogens is 2. The highest BCUT2D eigenvalue weighted by Gasteiger charge is 2.18. The number of amides is 3. The van der Waals surface area contributed by atoms with E-state index in [-0.39, 0.29) is 5.91 Å². The normalized spacial score (nSPS) is 12.1. The SMILES string of the molecule is CCc1c(NC(=O)N[C@@H](C)C(=O)N(C)C)cnn1CC(C)C. The first-order chi connectivity index (χ1) is 10.3. The summed E-state index contributed by atoms with van der Waals surface area (Å²) in [5.74, 6) is 0.325. The first-order valence-corrected chi connectivity index (χ1v) is 7.59. The summed E-state index contributed by atoms with van der Waals surface area (Å²) in [4.78, 5) is 25.2. The molecule has 1 aromatic heterocycles. The number of hydrogen-bond acceptors (Lipinski definition) is 3. The molecule has 0 aliphatic rings. The second kappa shape index (κ2) is 7.82. The lowest BCUT2D eigenvalue weighted by Gasteiger charge is -2.18. The highest BCUT2D eigenvalue weighted by molar-refractivity contribution is 5.93. The first kappa shape index (κ1) is 18.0. The fraction of sp³-hybridized carbons (Fsp3) is 0.667. The highest BCUT2D eigenvalue weighted by Crippen LogP contribution is 2.17. The summed E-state index contributed by atoms with van der Waals surface area (Å²) in [6, 6.07) is -0.979. The molecule has 1 heterocycles. The Labute approximate surface area is 132 Å². The summed E-state index contributed by atoms with van der Waals surface area (Å²) in [6.45, 7) is 8.73. The minimum absolute atomic E-state index is 0.152. The number of nitrogens with zero attached hydrogens (tertiary/aromatic N) is 3. The lowest BCUT2D eigenvalue weighted by Crippen LogP contribution is -2.45. The molecule has 22 heavy (non-hydrogen) atoms. The van der Waals surface area contributed by atoms with E-state index < -0.39 is 12.1 Å². The van der Waals surface area contributed by atoms with Gasteiger partial charge in [0.15, 0.2) is 0 Å². The number of carbonyl (C=O) groups excluding carboxylic acids is 2. The molecule has 0 fully saturated rings. The van der Waals surface area contributed by atoms with Gasteiger partial charge in [-0.25, -0.2) is 4.79 Å². The van der Waals surface area contributed by atoms with Crippen molar-refractivity contribution >= 4 is 17.6 Å². The third-order valence-electron chi connectivity index (χ3n) is 3.23. The van der Waals surface area contributed by atoms with E-state index in [0.29, 0.717) is 11.6 Å². The fourth-order valence-corrected chi connectivity index (χ4v) is 2.20. The molecule has 0 bridgehead atoms. The van der Waals surface area contributed by atoms with Gasteiger partial charge in [-0.05, 0) is 19.3 Å². The maximum Gasteiger partial charge on any atom is 0.319 e. The number of carbonyl (C=O) groups is 2. The molecule has 0 saturated carbocycles. The predicted molar refractivity (Wildman–Crippen MR) is 86.8 cm³/mol. The third kappa shape index (κ3) is 4.75. The summed E-state index contributed by atoms with van der Waals surface area (Å²) < 4.78 is 1.91. The molecule has 7 nitrogen and oxygen atoms in total. The van der Waals surface area contributed by atoms with Crippen LogP contribution in [0.5, 0.6) is 0 Å². The smallest absolute Gasteiger partial charge is 0.319 e. The molecule has 0 aliphatic heterocycles. The van der Waals surface area contributed by atoms with Crippen LogP contribution >= 0.6 is 0 Å². The van der Waals surface area contributed by atoms with Crippen LogP contribution in [0.15, 0.2) is 6.20 Å². The summed E-state index contributed by atoms with van der Waals surface area (Å²) in [5, 5.41) is 9.73. The van der Waals surface area contributed by atoms with Gasteiger partial charge < -0.3 is 15.5 Å². The number of likely N-dealkylation sites (N-methyl/N-ethyl adjacent to an activating group) is 1. The van der Waals surface area contributed by atoms with E-state index in [0.717, 1.165) is 18.7 Å². The van der Waals surface area contributed by atoms with Crippen molar-refractivity contribution in [3.63, 3.8) is 0 Å². The quantitative estimate of drug-likeness (QED) is 0.839. The van der Waals surface area contributed by atoms with Crippen LogP contribution in [-0.2, 0) is 17.8 Å². The molecule has 1 aromatic rings. The van der Waals surface area contributed by atoms with Crippen LogP contribution in [0.25, 0.3) is 0 Å². The maximum absolute atomic E-state index is 12.0. The summed E-state index contributed by atoms with van der Waals surface area (Å²) in [6.07, 6.45) is 2.42. The van der Waals surface area contributed by atoms with Crippen LogP contribution in [-0.4, -0.2) is 46.8 Å². The minimum atomic E-state index is -0.578. The largest absolute Gasteiger partial charge is 0.347 e. The van der Waals surface area contributed by atoms with Gasteiger partial charge in [0.05, 0.1) is 17.6 Å². The van der Waals surface area contributed by atoms with Gasteiger partial charge >= 0.3 is 6.03 Å². The Hall–Kier alpha value is -2.05. The Bertz CT molecular complexity index is 522. The Morgan fingerprint density at radius 3 is 2.45 bits per heavy atom. The van der Waals surface area contributed by atoms with Gasteiger partial charge in [0, 0.05) is 20.6 Å². The first-order valence-electron chi connectivity index (χ1n) is 7.59. The molecule has 1 rings (SSSR count). The van der Waals surface area contributed by atoms with Crippen LogP contribution in [0.3, 0.4) is 0 Å². The van der Waals surface area contributed by atoms with Gasteiger partial charge in [0.2, 0.25) is 5.91 Å². The second-order valence-electron chi connectivity index (χ2n) is 5.99. The van der Waals surface area contributed by atoms with E-state index in [2.05, 4.69) is 29.6 Å². The standard InChI is InChI=1S/C15H27N5O2/c1-7-13-12(8-16-20(13)9-10(2)3)18-15(22)17-11(4)14(21)19(5)6/h8,10-11H,7,9H2,1-6H3,(H2,17,18,22)/t11-/m0/s1. The molecule has 7 heteroatoms. The van der Waals surface area contributed by atoms with E-state index in [1.807, 2.05) is 11.6 Å². The van der Waals surface area contributed by atoms with Crippen molar-refractivity contribution in [2.24, 2.45) is 5.92 Å². The van der Waals surface area contributed by atoms with Gasteiger partial charge in [0.25, 0.3) is 0 Å². The number of hydrogen-bond donors (Lipinski definition) is 2. The number of rotatable bonds is 6. The van der Waals surface area contributed by atoms with Crippen molar-refractivity contribution in [2.75, 3.05) is 19.4 Å². The zero-order valence-electron chi connectivity index (χ0n) is 14.3. The van der Waals surface area contributed by atoms with Crippen molar-refractivity contribution in [1.82, 2.24) is 20.0 Å². The molecule has 0 spiro atoms. The van der Waals surface area contributed by atoms with E-state index in [1.165, 1.54) is 4.90 Å². The summed E-state index contributed by atoms with van der Waals surface area (Å²) in [7, 11) is 3.31. The summed E-state index contributed by atoms with van der Waals surface area (Å²) in [5.41, 5.74) is 1.67. The van der Waals surface area contributed by atoms with Gasteiger partial charge in [-0.1, -0.05) is 20.8 Å². The molecule has 0 aliphatic carbocycles. The van der Waals surface area contributed by atoms with Crippen molar-refractivity contribution in [2.45, 2.75) is 46.7 Å². The van der Waals surface area contributed by atoms with Crippen LogP contribution in [0, 0.1) is 5.92 Å². The third-order valence-corrected chi connectivity index (χ3v) is 3.23. The Morgan fingerprint density at radius 2 is 1.95 bits per heavy atom.